The third-order valence-corrected chi connectivity index (χ3v) is 1.86. The van der Waals surface area contributed by atoms with Crippen molar-refractivity contribution in [3.8, 4) is 11.5 Å². The van der Waals surface area contributed by atoms with E-state index in [0.29, 0.717) is 18.1 Å². The van der Waals surface area contributed by atoms with Crippen molar-refractivity contribution in [3.05, 3.63) is 23.8 Å². The molecule has 0 aromatic heterocycles. The lowest BCUT2D eigenvalue weighted by atomic mass is 10.2. The van der Waals surface area contributed by atoms with Crippen LogP contribution < -0.4 is 14.6 Å². The van der Waals surface area contributed by atoms with Crippen LogP contribution in [0.1, 0.15) is 23.7 Å². The van der Waals surface area contributed by atoms with E-state index in [2.05, 4.69) is 0 Å². The molecule has 0 aliphatic carbocycles. The topological polar surface area (TPSA) is 58.6 Å². The van der Waals surface area contributed by atoms with Gasteiger partial charge in [0.05, 0.1) is 19.7 Å². The Balaban J connectivity index is 2.93. The molecular weight excluding hydrogens is 196 g/mol. The first-order valence-electron chi connectivity index (χ1n) is 4.71. The number of carbonyl (C=O) groups is 1. The number of aromatic carboxylic acids is 1. The molecule has 0 amide bonds. The molecule has 0 N–H and O–H groups in total. The van der Waals surface area contributed by atoms with Crippen molar-refractivity contribution in [1.29, 1.82) is 0 Å². The highest BCUT2D eigenvalue weighted by atomic mass is 16.5. The summed E-state index contributed by atoms with van der Waals surface area (Å²) in [5, 5.41) is 10.6. The molecule has 0 aliphatic rings. The molecule has 0 bridgehead atoms. The first-order valence-corrected chi connectivity index (χ1v) is 4.71. The molecule has 1 rings (SSSR count). The van der Waals surface area contributed by atoms with E-state index in [9.17, 15) is 9.90 Å². The predicted molar refractivity (Wildman–Crippen MR) is 53.1 cm³/mol. The lowest BCUT2D eigenvalue weighted by molar-refractivity contribution is -0.255. The van der Waals surface area contributed by atoms with E-state index < -0.39 is 5.97 Å². The summed E-state index contributed by atoms with van der Waals surface area (Å²) < 4.78 is 10.4. The predicted octanol–water partition coefficient (Wildman–Crippen LogP) is 0.847. The normalized spacial score (nSPS) is 9.73. The molecule has 0 heterocycles. The van der Waals surface area contributed by atoms with Crippen molar-refractivity contribution in [2.45, 2.75) is 13.3 Å². The molecule has 0 fully saturated rings. The van der Waals surface area contributed by atoms with Gasteiger partial charge in [-0.25, -0.2) is 0 Å². The Bertz CT molecular complexity index is 346. The molecular formula is C11H13O4-. The van der Waals surface area contributed by atoms with Crippen LogP contribution in [0.15, 0.2) is 18.2 Å². The summed E-state index contributed by atoms with van der Waals surface area (Å²) in [6.07, 6.45) is 0.880. The maximum Gasteiger partial charge on any atom is 0.161 e. The molecule has 0 aliphatic heterocycles. The summed E-state index contributed by atoms with van der Waals surface area (Å²) in [4.78, 5) is 10.6. The highest BCUT2D eigenvalue weighted by Gasteiger charge is 2.05. The standard InChI is InChI=1S/C11H14O4/c1-3-6-15-9-5-4-8(11(12)13)7-10(9)14-2/h4-5,7H,3,6H2,1-2H3,(H,12,13)/p-1. The van der Waals surface area contributed by atoms with Crippen molar-refractivity contribution in [3.63, 3.8) is 0 Å². The zero-order valence-corrected chi connectivity index (χ0v) is 8.78. The summed E-state index contributed by atoms with van der Waals surface area (Å²) in [6.45, 7) is 2.56. The molecule has 1 aromatic rings. The summed E-state index contributed by atoms with van der Waals surface area (Å²) in [6, 6.07) is 4.39. The Hall–Kier alpha value is -1.71. The average Bonchev–Trinajstić information content (AvgIpc) is 2.25. The van der Waals surface area contributed by atoms with Gasteiger partial charge in [0.1, 0.15) is 0 Å². The molecule has 82 valence electrons. The second-order valence-electron chi connectivity index (χ2n) is 3.00. The number of carboxylic acid groups (broad SMARTS) is 1. The lowest BCUT2D eigenvalue weighted by Gasteiger charge is -2.11. The molecule has 0 unspecified atom stereocenters. The maximum atomic E-state index is 10.6. The molecule has 15 heavy (non-hydrogen) atoms. The van der Waals surface area contributed by atoms with Crippen LogP contribution in [0.25, 0.3) is 0 Å². The van der Waals surface area contributed by atoms with Crippen LogP contribution in [0.3, 0.4) is 0 Å². The van der Waals surface area contributed by atoms with E-state index in [1.807, 2.05) is 6.92 Å². The van der Waals surface area contributed by atoms with E-state index in [-0.39, 0.29) is 5.56 Å². The van der Waals surface area contributed by atoms with Gasteiger partial charge in [-0.15, -0.1) is 0 Å². The molecule has 4 nitrogen and oxygen atoms in total. The van der Waals surface area contributed by atoms with Gasteiger partial charge in [-0.1, -0.05) is 6.92 Å². The van der Waals surface area contributed by atoms with Crippen molar-refractivity contribution in [1.82, 2.24) is 0 Å². The number of rotatable bonds is 5. The Morgan fingerprint density at radius 3 is 2.67 bits per heavy atom. The molecule has 0 atom stereocenters. The fourth-order valence-electron chi connectivity index (χ4n) is 1.13. The smallest absolute Gasteiger partial charge is 0.161 e. The summed E-state index contributed by atoms with van der Waals surface area (Å²) >= 11 is 0. The minimum Gasteiger partial charge on any atom is -0.545 e. The van der Waals surface area contributed by atoms with Gasteiger partial charge in [-0.3, -0.25) is 0 Å². The first-order chi connectivity index (χ1) is 7.19. The molecule has 4 heteroatoms. The Kier molecular flexibility index (Phi) is 3.97. The monoisotopic (exact) mass is 209 g/mol. The lowest BCUT2D eigenvalue weighted by Crippen LogP contribution is -2.22. The average molecular weight is 209 g/mol. The number of carboxylic acids is 1. The Morgan fingerprint density at radius 2 is 2.13 bits per heavy atom. The van der Waals surface area contributed by atoms with Crippen LogP contribution in [0, 0.1) is 0 Å². The third kappa shape index (κ3) is 2.87. The minimum atomic E-state index is -1.23. The number of hydrogen-bond donors (Lipinski definition) is 0. The van der Waals surface area contributed by atoms with E-state index in [0.717, 1.165) is 6.42 Å². The Morgan fingerprint density at radius 1 is 1.40 bits per heavy atom. The van der Waals surface area contributed by atoms with Crippen LogP contribution in [0.5, 0.6) is 11.5 Å². The number of carbonyl (C=O) groups excluding carboxylic acids is 1. The minimum absolute atomic E-state index is 0.0794. The van der Waals surface area contributed by atoms with Gasteiger partial charge in [-0.05, 0) is 24.6 Å². The number of benzene rings is 1. The van der Waals surface area contributed by atoms with Crippen LogP contribution in [-0.2, 0) is 0 Å². The van der Waals surface area contributed by atoms with Crippen molar-refractivity contribution >= 4 is 5.97 Å². The van der Waals surface area contributed by atoms with Crippen LogP contribution in [-0.4, -0.2) is 19.7 Å². The van der Waals surface area contributed by atoms with E-state index in [1.54, 1.807) is 6.07 Å². The summed E-state index contributed by atoms with van der Waals surface area (Å²) in [5.74, 6) is -0.273. The van der Waals surface area contributed by atoms with E-state index in [4.69, 9.17) is 9.47 Å². The van der Waals surface area contributed by atoms with Gasteiger partial charge in [0.2, 0.25) is 0 Å². The highest BCUT2D eigenvalue weighted by molar-refractivity contribution is 5.86. The largest absolute Gasteiger partial charge is 0.545 e. The molecule has 1 aromatic carbocycles. The zero-order chi connectivity index (χ0) is 11.3. The quantitative estimate of drug-likeness (QED) is 0.721. The number of ether oxygens (including phenoxy) is 2. The zero-order valence-electron chi connectivity index (χ0n) is 8.78. The molecule has 0 radical (unpaired) electrons. The molecule has 0 saturated carbocycles. The number of hydrogen-bond acceptors (Lipinski definition) is 4. The number of methoxy groups -OCH3 is 1. The van der Waals surface area contributed by atoms with Gasteiger partial charge < -0.3 is 19.4 Å². The second-order valence-corrected chi connectivity index (χ2v) is 3.00. The van der Waals surface area contributed by atoms with Crippen molar-refractivity contribution in [2.24, 2.45) is 0 Å². The highest BCUT2D eigenvalue weighted by Crippen LogP contribution is 2.27. The van der Waals surface area contributed by atoms with E-state index in [1.165, 1.54) is 19.2 Å². The second kappa shape index (κ2) is 5.24. The van der Waals surface area contributed by atoms with Crippen LogP contribution >= 0.6 is 0 Å². The van der Waals surface area contributed by atoms with E-state index >= 15 is 0 Å². The van der Waals surface area contributed by atoms with Crippen LogP contribution in [0.2, 0.25) is 0 Å². The van der Waals surface area contributed by atoms with Crippen LogP contribution in [0.4, 0.5) is 0 Å². The van der Waals surface area contributed by atoms with Gasteiger partial charge in [0, 0.05) is 5.56 Å². The third-order valence-electron chi connectivity index (χ3n) is 1.86. The van der Waals surface area contributed by atoms with Gasteiger partial charge >= 0.3 is 0 Å². The SMILES string of the molecule is CCCOc1ccc(C(=O)[O-])cc1OC. The van der Waals surface area contributed by atoms with Gasteiger partial charge in [-0.2, -0.15) is 0 Å². The fourth-order valence-corrected chi connectivity index (χ4v) is 1.13. The maximum absolute atomic E-state index is 10.6. The molecule has 0 saturated heterocycles. The van der Waals surface area contributed by atoms with Gasteiger partial charge in [0.25, 0.3) is 0 Å². The molecule has 0 spiro atoms. The summed E-state index contributed by atoms with van der Waals surface area (Å²) in [5.41, 5.74) is 0.0794. The fraction of sp³-hybridized carbons (Fsp3) is 0.364. The Labute approximate surface area is 88.4 Å². The summed E-state index contributed by atoms with van der Waals surface area (Å²) in [7, 11) is 1.47. The van der Waals surface area contributed by atoms with Crippen molar-refractivity contribution in [2.75, 3.05) is 13.7 Å². The van der Waals surface area contributed by atoms with Gasteiger partial charge in [0.15, 0.2) is 11.5 Å². The first kappa shape index (κ1) is 11.4. The van der Waals surface area contributed by atoms with Crippen molar-refractivity contribution < 1.29 is 19.4 Å².